The maximum Gasteiger partial charge on any atom is 0.151 e. The molecule has 0 radical (unpaired) electrons. The Balaban J connectivity index is 1.23. The quantitative estimate of drug-likeness (QED) is 0.400. The van der Waals surface area contributed by atoms with Gasteiger partial charge < -0.3 is 14.4 Å². The molecule has 0 bridgehead atoms. The highest BCUT2D eigenvalue weighted by Crippen LogP contribution is 2.43. The van der Waals surface area contributed by atoms with Gasteiger partial charge in [-0.2, -0.15) is 0 Å². The molecule has 1 saturated carbocycles. The Labute approximate surface area is 222 Å². The van der Waals surface area contributed by atoms with Crippen molar-refractivity contribution in [1.82, 2.24) is 19.4 Å². The van der Waals surface area contributed by atoms with Crippen molar-refractivity contribution in [3.63, 3.8) is 0 Å². The lowest BCUT2D eigenvalue weighted by atomic mass is 9.87. The topological polar surface area (TPSA) is 41.4 Å². The van der Waals surface area contributed by atoms with E-state index in [1.807, 2.05) is 24.3 Å². The number of fused-ring (bicyclic) bond motifs is 1. The van der Waals surface area contributed by atoms with Gasteiger partial charge in [-0.25, -0.2) is 9.37 Å². The molecule has 3 aliphatic rings. The summed E-state index contributed by atoms with van der Waals surface area (Å²) in [6.07, 6.45) is 8.62. The fourth-order valence-corrected chi connectivity index (χ4v) is 7.00. The number of hydrogen-bond donors (Lipinski definition) is 0. The normalized spacial score (nSPS) is 21.8. The fourth-order valence-electron chi connectivity index (χ4n) is 6.48. The van der Waals surface area contributed by atoms with E-state index in [1.54, 1.807) is 12.3 Å². The van der Waals surface area contributed by atoms with Crippen LogP contribution in [-0.2, 0) is 10.8 Å². The van der Waals surface area contributed by atoms with Crippen molar-refractivity contribution in [3.05, 3.63) is 47.8 Å². The van der Waals surface area contributed by atoms with E-state index >= 15 is 4.39 Å². The lowest BCUT2D eigenvalue weighted by Gasteiger charge is -2.42. The second kappa shape index (κ2) is 10.2. The highest BCUT2D eigenvalue weighted by Gasteiger charge is 2.32. The number of likely N-dealkylation sites (tertiary alicyclic amines) is 2. The fraction of sp³-hybridized carbons (Fsp3) is 0.567. The summed E-state index contributed by atoms with van der Waals surface area (Å²) in [6, 6.07) is 13.4. The molecular weight excluding hydrogens is 483 g/mol. The highest BCUT2D eigenvalue weighted by molar-refractivity contribution is 7.84. The first-order valence-corrected chi connectivity index (χ1v) is 15.6. The van der Waals surface area contributed by atoms with Crippen molar-refractivity contribution in [3.8, 4) is 11.4 Å². The van der Waals surface area contributed by atoms with Gasteiger partial charge in [0.2, 0.25) is 0 Å². The molecule has 3 aromatic rings. The number of halogens is 1. The van der Waals surface area contributed by atoms with Gasteiger partial charge in [-0.15, -0.1) is 0 Å². The van der Waals surface area contributed by atoms with Gasteiger partial charge in [0.25, 0.3) is 0 Å². The maximum absolute atomic E-state index is 15.5. The predicted molar refractivity (Wildman–Crippen MR) is 149 cm³/mol. The van der Waals surface area contributed by atoms with Gasteiger partial charge in [-0.05, 0) is 114 Å². The first kappa shape index (κ1) is 25.2. The zero-order valence-corrected chi connectivity index (χ0v) is 23.1. The van der Waals surface area contributed by atoms with Crippen molar-refractivity contribution in [1.29, 1.82) is 0 Å². The molecule has 2 aromatic carbocycles. The summed E-state index contributed by atoms with van der Waals surface area (Å²) in [6.45, 7) is 9.22. The molecular formula is C30H39FN4OS. The van der Waals surface area contributed by atoms with Crippen LogP contribution in [0.4, 0.5) is 4.39 Å². The summed E-state index contributed by atoms with van der Waals surface area (Å²) in [5, 5.41) is 0. The molecule has 0 N–H and O–H groups in total. The van der Waals surface area contributed by atoms with Crippen LogP contribution in [0.2, 0.25) is 0 Å². The molecule has 0 amide bonds. The van der Waals surface area contributed by atoms with Gasteiger partial charge in [0.15, 0.2) is 5.82 Å². The average molecular weight is 523 g/mol. The zero-order chi connectivity index (χ0) is 25.7. The summed E-state index contributed by atoms with van der Waals surface area (Å²) >= 11 is 0. The first-order chi connectivity index (χ1) is 17.9. The molecule has 37 heavy (non-hydrogen) atoms. The molecule has 0 spiro atoms. The Bertz CT molecular complexity index is 1280. The smallest absolute Gasteiger partial charge is 0.151 e. The number of piperidine rings is 2. The Morgan fingerprint density at radius 2 is 1.59 bits per heavy atom. The summed E-state index contributed by atoms with van der Waals surface area (Å²) in [4.78, 5) is 10.9. The van der Waals surface area contributed by atoms with Crippen LogP contribution in [-0.4, -0.2) is 68.1 Å². The lowest BCUT2D eigenvalue weighted by Crippen LogP contribution is -2.48. The molecule has 3 fully saturated rings. The number of hydrogen-bond acceptors (Lipinski definition) is 4. The number of rotatable bonds is 6. The first-order valence-electron chi connectivity index (χ1n) is 14.0. The van der Waals surface area contributed by atoms with Crippen molar-refractivity contribution in [2.24, 2.45) is 0 Å². The van der Waals surface area contributed by atoms with E-state index in [4.69, 9.17) is 4.98 Å². The minimum atomic E-state index is -1.02. The molecule has 6 rings (SSSR count). The zero-order valence-electron chi connectivity index (χ0n) is 22.3. The third kappa shape index (κ3) is 5.02. The monoisotopic (exact) mass is 522 g/mol. The van der Waals surface area contributed by atoms with Crippen LogP contribution >= 0.6 is 0 Å². The van der Waals surface area contributed by atoms with Gasteiger partial charge in [0.05, 0.1) is 5.52 Å². The SMILES string of the molecule is CC(C)N1CCC(N2CCC(c3cc(F)c4nc(-c5ccc(S(C)=O)cc5)n(C5CC5)c4c3)CC2)CC1. The van der Waals surface area contributed by atoms with Crippen LogP contribution in [0.25, 0.3) is 22.4 Å². The van der Waals surface area contributed by atoms with E-state index < -0.39 is 10.8 Å². The average Bonchev–Trinajstić information content (AvgIpc) is 3.68. The minimum Gasteiger partial charge on any atom is -0.321 e. The van der Waals surface area contributed by atoms with Crippen molar-refractivity contribution >= 4 is 21.8 Å². The van der Waals surface area contributed by atoms with Gasteiger partial charge in [0, 0.05) is 45.6 Å². The third-order valence-electron chi connectivity index (χ3n) is 8.87. The molecule has 3 heterocycles. The van der Waals surface area contributed by atoms with Gasteiger partial charge >= 0.3 is 0 Å². The van der Waals surface area contributed by atoms with E-state index in [0.717, 1.165) is 66.1 Å². The second-order valence-electron chi connectivity index (χ2n) is 11.6. The number of imidazole rings is 1. The molecule has 1 atom stereocenters. The van der Waals surface area contributed by atoms with E-state index in [2.05, 4.69) is 34.3 Å². The van der Waals surface area contributed by atoms with Crippen molar-refractivity contribution in [2.45, 2.75) is 81.3 Å². The molecule has 1 aromatic heterocycles. The van der Waals surface area contributed by atoms with Crippen molar-refractivity contribution < 1.29 is 8.60 Å². The van der Waals surface area contributed by atoms with E-state index in [1.165, 1.54) is 25.9 Å². The van der Waals surface area contributed by atoms with Crippen LogP contribution in [0.5, 0.6) is 0 Å². The molecule has 1 unspecified atom stereocenters. The van der Waals surface area contributed by atoms with Gasteiger partial charge in [0.1, 0.15) is 11.3 Å². The molecule has 2 aliphatic heterocycles. The standard InChI is InChI=1S/C30H39FN4OS/c1-20(2)33-16-12-24(13-17-33)34-14-10-21(11-15-34)23-18-27(31)29-28(19-23)35(25-6-7-25)30(32-29)22-4-8-26(9-5-22)37(3)36/h4-5,8-9,18-21,24-25H,6-7,10-17H2,1-3H3. The molecule has 1 aliphatic carbocycles. The van der Waals surface area contributed by atoms with E-state index in [0.29, 0.717) is 29.6 Å². The summed E-state index contributed by atoms with van der Waals surface area (Å²) in [5.74, 6) is 1.02. The Morgan fingerprint density at radius 3 is 2.19 bits per heavy atom. The largest absolute Gasteiger partial charge is 0.321 e. The van der Waals surface area contributed by atoms with E-state index in [-0.39, 0.29) is 5.82 Å². The third-order valence-corrected chi connectivity index (χ3v) is 9.81. The maximum atomic E-state index is 15.5. The Kier molecular flexibility index (Phi) is 6.97. The Hall–Kier alpha value is -2.09. The molecule has 5 nitrogen and oxygen atoms in total. The van der Waals surface area contributed by atoms with Crippen LogP contribution in [0.15, 0.2) is 41.3 Å². The van der Waals surface area contributed by atoms with Crippen molar-refractivity contribution in [2.75, 3.05) is 32.4 Å². The van der Waals surface area contributed by atoms with Crippen LogP contribution in [0.1, 0.15) is 69.9 Å². The van der Waals surface area contributed by atoms with Gasteiger partial charge in [-0.3, -0.25) is 4.21 Å². The van der Waals surface area contributed by atoms with E-state index in [9.17, 15) is 4.21 Å². The lowest BCUT2D eigenvalue weighted by molar-refractivity contribution is 0.0753. The molecule has 7 heteroatoms. The predicted octanol–water partition coefficient (Wildman–Crippen LogP) is 5.97. The summed E-state index contributed by atoms with van der Waals surface area (Å²) in [5.41, 5.74) is 3.49. The molecule has 198 valence electrons. The Morgan fingerprint density at radius 1 is 0.919 bits per heavy atom. The van der Waals surface area contributed by atoms with Gasteiger partial charge in [-0.1, -0.05) is 12.1 Å². The molecule has 2 saturated heterocycles. The number of nitrogens with zero attached hydrogens (tertiary/aromatic N) is 4. The highest BCUT2D eigenvalue weighted by atomic mass is 32.2. The van der Waals surface area contributed by atoms with Crippen LogP contribution in [0, 0.1) is 5.82 Å². The van der Waals surface area contributed by atoms with Crippen LogP contribution < -0.4 is 0 Å². The summed E-state index contributed by atoms with van der Waals surface area (Å²) < 4.78 is 29.6. The minimum absolute atomic E-state index is 0.206. The number of aromatic nitrogens is 2. The summed E-state index contributed by atoms with van der Waals surface area (Å²) in [7, 11) is -1.02. The van der Waals surface area contributed by atoms with Crippen LogP contribution in [0.3, 0.4) is 0 Å². The second-order valence-corrected chi connectivity index (χ2v) is 12.9. The number of benzene rings is 2.